The van der Waals surface area contributed by atoms with Crippen LogP contribution >= 0.6 is 23.7 Å². The van der Waals surface area contributed by atoms with Gasteiger partial charge in [-0.2, -0.15) is 4.68 Å². The van der Waals surface area contributed by atoms with E-state index in [0.717, 1.165) is 0 Å². The zero-order valence-electron chi connectivity index (χ0n) is 11.7. The summed E-state index contributed by atoms with van der Waals surface area (Å²) in [5, 5.41) is 4.86. The molecular weight excluding hydrogens is 300 g/mol. The molecule has 0 bridgehead atoms. The van der Waals surface area contributed by atoms with Crippen molar-refractivity contribution < 1.29 is 4.79 Å². The average Bonchev–Trinajstić information content (AvgIpc) is 2.93. The van der Waals surface area contributed by atoms with Gasteiger partial charge in [-0.1, -0.05) is 11.3 Å². The Morgan fingerprint density at radius 1 is 1.50 bits per heavy atom. The lowest BCUT2D eigenvalue weighted by atomic mass is 10.3. The molecule has 9 heteroatoms. The van der Waals surface area contributed by atoms with E-state index in [1.54, 1.807) is 31.9 Å². The number of carbonyl (C=O) groups excluding carboxylic acids is 1. The molecule has 2 aromatic heterocycles. The number of carbonyl (C=O) groups is 1. The van der Waals surface area contributed by atoms with E-state index in [1.165, 1.54) is 16.2 Å². The van der Waals surface area contributed by atoms with Crippen LogP contribution in [-0.4, -0.2) is 44.7 Å². The van der Waals surface area contributed by atoms with Crippen molar-refractivity contribution in [3.8, 4) is 5.13 Å². The molecule has 0 aliphatic rings. The minimum atomic E-state index is -0.252. The minimum Gasteiger partial charge on any atom is -0.344 e. The van der Waals surface area contributed by atoms with Crippen LogP contribution in [0, 0.1) is 6.92 Å². The number of aryl methyl sites for hydroxylation is 1. The summed E-state index contributed by atoms with van der Waals surface area (Å²) in [5.74, 6) is 1.18. The second-order valence-corrected chi connectivity index (χ2v) is 5.43. The van der Waals surface area contributed by atoms with Crippen molar-refractivity contribution >= 4 is 29.7 Å². The number of thiazole rings is 1. The number of nitrogens with zero attached hydrogens (tertiary/aromatic N) is 5. The van der Waals surface area contributed by atoms with Crippen molar-refractivity contribution in [2.24, 2.45) is 5.73 Å². The van der Waals surface area contributed by atoms with Gasteiger partial charge in [0, 0.05) is 14.1 Å². The van der Waals surface area contributed by atoms with Crippen molar-refractivity contribution in [1.29, 1.82) is 0 Å². The first kappa shape index (κ1) is 16.5. The molecule has 0 spiro atoms. The van der Waals surface area contributed by atoms with E-state index >= 15 is 0 Å². The van der Waals surface area contributed by atoms with Crippen molar-refractivity contribution in [2.75, 3.05) is 14.1 Å². The second kappa shape index (κ2) is 6.29. The molecule has 1 amide bonds. The molecule has 0 saturated heterocycles. The van der Waals surface area contributed by atoms with E-state index in [4.69, 9.17) is 5.73 Å². The third kappa shape index (κ3) is 3.14. The Hall–Kier alpha value is -1.51. The molecule has 2 N–H and O–H groups in total. The highest BCUT2D eigenvalue weighted by molar-refractivity contribution is 7.16. The van der Waals surface area contributed by atoms with Gasteiger partial charge >= 0.3 is 0 Å². The van der Waals surface area contributed by atoms with E-state index in [0.29, 0.717) is 21.7 Å². The number of rotatable bonds is 3. The van der Waals surface area contributed by atoms with Gasteiger partial charge < -0.3 is 10.6 Å². The van der Waals surface area contributed by atoms with Crippen molar-refractivity contribution in [3.05, 3.63) is 22.7 Å². The minimum absolute atomic E-state index is 0. The smallest absolute Gasteiger partial charge is 0.265 e. The second-order valence-electron chi connectivity index (χ2n) is 4.42. The lowest BCUT2D eigenvalue weighted by molar-refractivity contribution is 0.0832. The van der Waals surface area contributed by atoms with E-state index in [9.17, 15) is 4.79 Å². The Balaban J connectivity index is 0.00000200. The molecule has 0 aromatic carbocycles. The summed E-state index contributed by atoms with van der Waals surface area (Å²) in [6.07, 6.45) is 1.55. The molecule has 0 fully saturated rings. The first-order chi connectivity index (χ1) is 8.90. The maximum absolute atomic E-state index is 11.8. The maximum atomic E-state index is 11.8. The van der Waals surface area contributed by atoms with Crippen LogP contribution in [0.25, 0.3) is 5.13 Å². The van der Waals surface area contributed by atoms with Gasteiger partial charge in [-0.3, -0.25) is 4.79 Å². The Bertz CT molecular complexity index is 606. The Morgan fingerprint density at radius 2 is 2.15 bits per heavy atom. The highest BCUT2D eigenvalue weighted by Crippen LogP contribution is 2.21. The summed E-state index contributed by atoms with van der Waals surface area (Å²) in [4.78, 5) is 22.4. The summed E-state index contributed by atoms with van der Waals surface area (Å²) in [6, 6.07) is -0.252. The van der Waals surface area contributed by atoms with Crippen LogP contribution in [0.5, 0.6) is 0 Å². The molecule has 2 rings (SSSR count). The summed E-state index contributed by atoms with van der Waals surface area (Å²) < 4.78 is 1.59. The van der Waals surface area contributed by atoms with Gasteiger partial charge in [0.15, 0.2) is 5.82 Å². The van der Waals surface area contributed by atoms with E-state index in [1.807, 2.05) is 6.92 Å². The first-order valence-corrected chi connectivity index (χ1v) is 6.58. The molecule has 110 valence electrons. The highest BCUT2D eigenvalue weighted by atomic mass is 35.5. The van der Waals surface area contributed by atoms with Gasteiger partial charge in [0.1, 0.15) is 10.7 Å². The van der Waals surface area contributed by atoms with Crippen LogP contribution in [-0.2, 0) is 0 Å². The molecule has 2 heterocycles. The van der Waals surface area contributed by atoms with Crippen LogP contribution in [0.4, 0.5) is 0 Å². The molecule has 0 unspecified atom stereocenters. The van der Waals surface area contributed by atoms with E-state index in [-0.39, 0.29) is 24.4 Å². The lowest BCUT2D eigenvalue weighted by Crippen LogP contribution is -2.20. The molecule has 0 saturated carbocycles. The van der Waals surface area contributed by atoms with Crippen LogP contribution in [0.2, 0.25) is 0 Å². The third-order valence-corrected chi connectivity index (χ3v) is 3.40. The van der Waals surface area contributed by atoms with Crippen molar-refractivity contribution in [1.82, 2.24) is 24.6 Å². The van der Waals surface area contributed by atoms with Gasteiger partial charge in [-0.25, -0.2) is 9.97 Å². The number of aromatic nitrogens is 4. The number of hydrogen-bond acceptors (Lipinski definition) is 6. The van der Waals surface area contributed by atoms with Gasteiger partial charge in [0.2, 0.25) is 5.13 Å². The average molecular weight is 317 g/mol. The predicted molar refractivity (Wildman–Crippen MR) is 79.6 cm³/mol. The number of amides is 1. The Kier molecular flexibility index (Phi) is 5.21. The molecular formula is C11H17ClN6OS. The van der Waals surface area contributed by atoms with Crippen LogP contribution < -0.4 is 5.73 Å². The zero-order chi connectivity index (χ0) is 14.2. The monoisotopic (exact) mass is 316 g/mol. The fourth-order valence-corrected chi connectivity index (χ4v) is 2.45. The molecule has 0 aliphatic heterocycles. The van der Waals surface area contributed by atoms with Crippen molar-refractivity contribution in [2.45, 2.75) is 19.9 Å². The molecule has 1 atom stereocenters. The maximum Gasteiger partial charge on any atom is 0.265 e. The largest absolute Gasteiger partial charge is 0.344 e. The quantitative estimate of drug-likeness (QED) is 0.918. The number of nitrogens with two attached hydrogens (primary N) is 1. The summed E-state index contributed by atoms with van der Waals surface area (Å²) in [7, 11) is 3.41. The molecule has 0 radical (unpaired) electrons. The summed E-state index contributed by atoms with van der Waals surface area (Å²) in [6.45, 7) is 3.63. The molecule has 2 aromatic rings. The molecule has 0 aliphatic carbocycles. The van der Waals surface area contributed by atoms with E-state index in [2.05, 4.69) is 15.1 Å². The molecule has 20 heavy (non-hydrogen) atoms. The summed E-state index contributed by atoms with van der Waals surface area (Å²) in [5.41, 5.74) is 5.86. The topological polar surface area (TPSA) is 89.9 Å². The first-order valence-electron chi connectivity index (χ1n) is 5.77. The Morgan fingerprint density at radius 3 is 2.70 bits per heavy atom. The van der Waals surface area contributed by atoms with Crippen LogP contribution in [0.15, 0.2) is 6.20 Å². The SMILES string of the molecule is Cc1nc([C@H](C)N)n(-c2ncc(C(=O)N(C)C)s2)n1.Cl. The van der Waals surface area contributed by atoms with Crippen LogP contribution in [0.1, 0.15) is 34.3 Å². The van der Waals surface area contributed by atoms with E-state index < -0.39 is 0 Å². The fourth-order valence-electron chi connectivity index (χ4n) is 1.55. The van der Waals surface area contributed by atoms with Gasteiger partial charge in [-0.05, 0) is 13.8 Å². The standard InChI is InChI=1S/C11H16N6OS.ClH/c1-6(12)9-14-7(2)15-17(9)11-13-5-8(19-11)10(18)16(3)4;/h5-6H,12H2,1-4H3;1H/t6-;/m0./s1. The highest BCUT2D eigenvalue weighted by Gasteiger charge is 2.18. The predicted octanol–water partition coefficient (Wildman–Crippen LogP) is 1.18. The number of hydrogen-bond donors (Lipinski definition) is 1. The Labute approximate surface area is 127 Å². The number of halogens is 1. The fraction of sp³-hybridized carbons (Fsp3) is 0.455. The summed E-state index contributed by atoms with van der Waals surface area (Å²) >= 11 is 1.27. The normalized spacial score (nSPS) is 11.8. The van der Waals surface area contributed by atoms with Crippen molar-refractivity contribution in [3.63, 3.8) is 0 Å². The zero-order valence-corrected chi connectivity index (χ0v) is 13.3. The van der Waals surface area contributed by atoms with Gasteiger partial charge in [-0.15, -0.1) is 17.5 Å². The lowest BCUT2D eigenvalue weighted by Gasteiger charge is -2.07. The third-order valence-electron chi connectivity index (χ3n) is 2.44. The van der Waals surface area contributed by atoms with Crippen LogP contribution in [0.3, 0.4) is 0 Å². The van der Waals surface area contributed by atoms with Gasteiger partial charge in [0.25, 0.3) is 5.91 Å². The molecule has 7 nitrogen and oxygen atoms in total. The van der Waals surface area contributed by atoms with Gasteiger partial charge in [0.05, 0.1) is 12.2 Å².